The summed E-state index contributed by atoms with van der Waals surface area (Å²) in [7, 11) is 2.08. The van der Waals surface area contributed by atoms with E-state index >= 15 is 0 Å². The summed E-state index contributed by atoms with van der Waals surface area (Å²) in [5, 5.41) is 1.23. The van der Waals surface area contributed by atoms with Crippen molar-refractivity contribution in [1.82, 2.24) is 9.46 Å². The second-order valence-electron chi connectivity index (χ2n) is 3.45. The highest BCUT2D eigenvalue weighted by Gasteiger charge is 2.05. The van der Waals surface area contributed by atoms with Gasteiger partial charge in [-0.15, -0.1) is 0 Å². The summed E-state index contributed by atoms with van der Waals surface area (Å²) in [4.78, 5) is 4.41. The van der Waals surface area contributed by atoms with Crippen LogP contribution in [-0.4, -0.2) is 17.4 Å². The number of pyridine rings is 1. The first-order chi connectivity index (χ1) is 6.88. The third-order valence-corrected chi connectivity index (χ3v) is 2.67. The van der Waals surface area contributed by atoms with Crippen LogP contribution in [0, 0.1) is 0 Å². The molecule has 0 fully saturated rings. The Morgan fingerprint density at radius 2 is 1.79 bits per heavy atom. The smallest absolute Gasteiger partial charge is 0.223 e. The number of para-hydroxylation sites is 1. The molecule has 0 unspecified atom stereocenters. The average Bonchev–Trinajstić information content (AvgIpc) is 2.55. The van der Waals surface area contributed by atoms with E-state index < -0.39 is 0 Å². The van der Waals surface area contributed by atoms with E-state index in [1.165, 1.54) is 16.4 Å². The highest BCUT2D eigenvalue weighted by molar-refractivity contribution is 6.20. The maximum Gasteiger partial charge on any atom is 0.223 e. The van der Waals surface area contributed by atoms with Crippen molar-refractivity contribution < 1.29 is 0 Å². The Bertz CT molecular complexity index is 560. The highest BCUT2D eigenvalue weighted by atomic mass is 14.9. The Labute approximate surface area is 82.6 Å². The van der Waals surface area contributed by atoms with E-state index in [1.807, 2.05) is 12.3 Å². The van der Waals surface area contributed by atoms with Gasteiger partial charge in [-0.05, 0) is 18.2 Å². The van der Waals surface area contributed by atoms with Crippen molar-refractivity contribution in [3.8, 4) is 0 Å². The van der Waals surface area contributed by atoms with Crippen LogP contribution in [0.1, 0.15) is 0 Å². The Hall–Kier alpha value is -1.77. The molecule has 0 aliphatic rings. The minimum Gasteiger partial charge on any atom is -0.391 e. The van der Waals surface area contributed by atoms with Gasteiger partial charge >= 0.3 is 0 Å². The summed E-state index contributed by atoms with van der Waals surface area (Å²) < 4.78 is 2.18. The minimum absolute atomic E-state index is 1.09. The van der Waals surface area contributed by atoms with E-state index in [1.54, 1.807) is 0 Å². The molecule has 2 heterocycles. The van der Waals surface area contributed by atoms with Crippen LogP contribution in [0.15, 0.2) is 42.6 Å². The molecular formula is C11H9BN2. The number of rotatable bonds is 0. The van der Waals surface area contributed by atoms with Crippen LogP contribution in [0.25, 0.3) is 21.9 Å². The van der Waals surface area contributed by atoms with Gasteiger partial charge in [-0.25, -0.2) is 0 Å². The molecule has 3 aromatic rings. The van der Waals surface area contributed by atoms with Gasteiger partial charge in [-0.3, -0.25) is 4.98 Å². The molecule has 0 amide bonds. The SMILES string of the molecule is Bn1c2ccccc2c2ncccc21. The zero-order valence-corrected chi connectivity index (χ0v) is 7.94. The van der Waals surface area contributed by atoms with Crippen molar-refractivity contribution >= 4 is 29.9 Å². The molecule has 2 aromatic heterocycles. The van der Waals surface area contributed by atoms with Gasteiger partial charge in [0, 0.05) is 17.1 Å². The molecule has 0 aliphatic heterocycles. The third-order valence-electron chi connectivity index (χ3n) is 2.67. The van der Waals surface area contributed by atoms with Gasteiger partial charge < -0.3 is 4.48 Å². The highest BCUT2D eigenvalue weighted by Crippen LogP contribution is 2.24. The number of aromatic nitrogens is 2. The van der Waals surface area contributed by atoms with Crippen LogP contribution < -0.4 is 0 Å². The van der Waals surface area contributed by atoms with Gasteiger partial charge in [0.1, 0.15) is 0 Å². The molecule has 0 N–H and O–H groups in total. The van der Waals surface area contributed by atoms with Crippen molar-refractivity contribution in [2.24, 2.45) is 0 Å². The van der Waals surface area contributed by atoms with Gasteiger partial charge in [0.05, 0.1) is 11.0 Å². The Kier molecular flexibility index (Phi) is 1.42. The van der Waals surface area contributed by atoms with Crippen LogP contribution in [0.3, 0.4) is 0 Å². The molecule has 14 heavy (non-hydrogen) atoms. The predicted octanol–water partition coefficient (Wildman–Crippen LogP) is 1.59. The van der Waals surface area contributed by atoms with E-state index in [0.29, 0.717) is 0 Å². The van der Waals surface area contributed by atoms with Crippen molar-refractivity contribution in [3.63, 3.8) is 0 Å². The Morgan fingerprint density at radius 3 is 2.71 bits per heavy atom. The van der Waals surface area contributed by atoms with Gasteiger partial charge in [0.25, 0.3) is 0 Å². The topological polar surface area (TPSA) is 17.8 Å². The van der Waals surface area contributed by atoms with Gasteiger partial charge in [0.15, 0.2) is 0 Å². The fourth-order valence-corrected chi connectivity index (χ4v) is 1.97. The normalized spacial score (nSPS) is 11.1. The molecule has 3 heteroatoms. The molecule has 0 bridgehead atoms. The molecule has 0 atom stereocenters. The lowest BCUT2D eigenvalue weighted by Crippen LogP contribution is -1.89. The molecule has 0 saturated carbocycles. The molecule has 0 saturated heterocycles. The summed E-state index contributed by atoms with van der Waals surface area (Å²) in [6.45, 7) is 0. The van der Waals surface area contributed by atoms with Crippen molar-refractivity contribution in [2.45, 2.75) is 0 Å². The second kappa shape index (κ2) is 2.61. The van der Waals surface area contributed by atoms with Crippen molar-refractivity contribution in [1.29, 1.82) is 0 Å². The van der Waals surface area contributed by atoms with Crippen molar-refractivity contribution in [2.75, 3.05) is 0 Å². The van der Waals surface area contributed by atoms with Gasteiger partial charge in [-0.2, -0.15) is 0 Å². The number of hydrogen-bond acceptors (Lipinski definition) is 1. The Balaban J connectivity index is 2.69. The standard InChI is InChI=1S/C11H9BN2/c12-14-9-5-2-1-4-8(9)11-10(14)6-3-7-13-11/h1-7H,12H2. The van der Waals surface area contributed by atoms with Crippen LogP contribution in [0.4, 0.5) is 0 Å². The first kappa shape index (κ1) is 7.62. The summed E-state index contributed by atoms with van der Waals surface area (Å²) in [5.74, 6) is 0. The lowest BCUT2D eigenvalue weighted by Gasteiger charge is -1.95. The van der Waals surface area contributed by atoms with Gasteiger partial charge in [0.2, 0.25) is 7.98 Å². The summed E-state index contributed by atoms with van der Waals surface area (Å²) in [6, 6.07) is 12.4. The molecule has 0 radical (unpaired) electrons. The monoisotopic (exact) mass is 180 g/mol. The third kappa shape index (κ3) is 0.840. The maximum absolute atomic E-state index is 4.41. The van der Waals surface area contributed by atoms with Crippen molar-refractivity contribution in [3.05, 3.63) is 42.6 Å². The largest absolute Gasteiger partial charge is 0.391 e. The van der Waals surface area contributed by atoms with Crippen LogP contribution >= 0.6 is 0 Å². The quantitative estimate of drug-likeness (QED) is 0.480. The lowest BCUT2D eigenvalue weighted by molar-refractivity contribution is 1.36. The second-order valence-corrected chi connectivity index (χ2v) is 3.45. The fraction of sp³-hybridized carbons (Fsp3) is 0. The van der Waals surface area contributed by atoms with Crippen LogP contribution in [0.2, 0.25) is 0 Å². The zero-order chi connectivity index (χ0) is 9.54. The first-order valence-electron chi connectivity index (χ1n) is 4.66. The van der Waals surface area contributed by atoms with Crippen LogP contribution in [-0.2, 0) is 0 Å². The van der Waals surface area contributed by atoms with E-state index in [4.69, 9.17) is 0 Å². The van der Waals surface area contributed by atoms with Crippen LogP contribution in [0.5, 0.6) is 0 Å². The Morgan fingerprint density at radius 1 is 1.00 bits per heavy atom. The first-order valence-corrected chi connectivity index (χ1v) is 4.66. The summed E-state index contributed by atoms with van der Waals surface area (Å²) >= 11 is 0. The van der Waals surface area contributed by atoms with E-state index in [9.17, 15) is 0 Å². The van der Waals surface area contributed by atoms with E-state index in [0.717, 1.165) is 5.52 Å². The minimum atomic E-state index is 1.09. The molecule has 1 aromatic carbocycles. The average molecular weight is 180 g/mol. The summed E-state index contributed by atoms with van der Waals surface area (Å²) in [6.07, 6.45) is 1.84. The fourth-order valence-electron chi connectivity index (χ4n) is 1.97. The molecule has 66 valence electrons. The predicted molar refractivity (Wildman–Crippen MR) is 61.2 cm³/mol. The van der Waals surface area contributed by atoms with Gasteiger partial charge in [-0.1, -0.05) is 18.2 Å². The maximum atomic E-state index is 4.41. The zero-order valence-electron chi connectivity index (χ0n) is 7.94. The van der Waals surface area contributed by atoms with E-state index in [2.05, 4.69) is 47.8 Å². The molecule has 0 aliphatic carbocycles. The lowest BCUT2D eigenvalue weighted by atomic mass is 10.2. The molecule has 0 spiro atoms. The summed E-state index contributed by atoms with van der Waals surface area (Å²) in [5.41, 5.74) is 3.51. The molecule has 3 rings (SSSR count). The number of hydrogen-bond donors (Lipinski definition) is 0. The number of fused-ring (bicyclic) bond motifs is 3. The number of benzene rings is 1. The molecule has 2 nitrogen and oxygen atoms in total. The number of nitrogens with zero attached hydrogens (tertiary/aromatic N) is 2. The molecular weight excluding hydrogens is 171 g/mol. The van der Waals surface area contributed by atoms with E-state index in [-0.39, 0.29) is 0 Å².